The molecule has 2 nitrogen and oxygen atoms in total. The largest absolute Gasteiger partial charge is 0.408 e. The van der Waals surface area contributed by atoms with Gasteiger partial charge in [-0.1, -0.05) is 20.8 Å². The van der Waals surface area contributed by atoms with Crippen molar-refractivity contribution in [3.8, 4) is 0 Å². The van der Waals surface area contributed by atoms with Crippen LogP contribution < -0.4 is 4.98 Å². The van der Waals surface area contributed by atoms with Gasteiger partial charge < -0.3 is 9.41 Å². The highest BCUT2D eigenvalue weighted by molar-refractivity contribution is 6.52. The van der Waals surface area contributed by atoms with E-state index in [1.165, 1.54) is 0 Å². The Morgan fingerprint density at radius 2 is 1.78 bits per heavy atom. The SMILES string of the molecule is CN[SiH](OC)C(C)(C)C. The lowest BCUT2D eigenvalue weighted by molar-refractivity contribution is 0.381. The zero-order valence-electron chi connectivity index (χ0n) is 6.99. The number of nitrogens with one attached hydrogen (secondary N) is 1. The summed E-state index contributed by atoms with van der Waals surface area (Å²) in [5.74, 6) is 0. The standard InChI is InChI=1S/C6H17NOSi/c1-6(2,3)9(7-4)8-5/h7,9H,1-5H3. The van der Waals surface area contributed by atoms with Crippen molar-refractivity contribution in [3.63, 3.8) is 0 Å². The third kappa shape index (κ3) is 2.98. The van der Waals surface area contributed by atoms with Crippen LogP contribution in [-0.4, -0.2) is 23.4 Å². The first kappa shape index (κ1) is 9.14. The molecule has 0 aliphatic rings. The lowest BCUT2D eigenvalue weighted by Gasteiger charge is -2.26. The van der Waals surface area contributed by atoms with Crippen LogP contribution in [0.2, 0.25) is 5.04 Å². The Hall–Kier alpha value is 0.137. The van der Waals surface area contributed by atoms with E-state index in [2.05, 4.69) is 25.8 Å². The molecule has 0 saturated heterocycles. The summed E-state index contributed by atoms with van der Waals surface area (Å²) in [7, 11) is 2.61. The Balaban J connectivity index is 3.79. The van der Waals surface area contributed by atoms with E-state index in [-0.39, 0.29) is 0 Å². The van der Waals surface area contributed by atoms with Crippen LogP contribution in [0.1, 0.15) is 20.8 Å². The van der Waals surface area contributed by atoms with Crippen molar-refractivity contribution < 1.29 is 4.43 Å². The molecule has 0 fully saturated rings. The molecule has 1 unspecified atom stereocenters. The predicted octanol–water partition coefficient (Wildman–Crippen LogP) is 0.873. The van der Waals surface area contributed by atoms with Crippen molar-refractivity contribution in [1.82, 2.24) is 4.98 Å². The summed E-state index contributed by atoms with van der Waals surface area (Å²) in [5.41, 5.74) is 0. The van der Waals surface area contributed by atoms with Gasteiger partial charge in [-0.15, -0.1) is 0 Å². The van der Waals surface area contributed by atoms with E-state index < -0.39 is 9.20 Å². The van der Waals surface area contributed by atoms with Crippen molar-refractivity contribution in [1.29, 1.82) is 0 Å². The van der Waals surface area contributed by atoms with Crippen molar-refractivity contribution in [2.75, 3.05) is 14.2 Å². The van der Waals surface area contributed by atoms with Crippen LogP contribution in [-0.2, 0) is 4.43 Å². The summed E-state index contributed by atoms with van der Waals surface area (Å²) in [6.07, 6.45) is 0. The zero-order valence-corrected chi connectivity index (χ0v) is 8.14. The zero-order chi connectivity index (χ0) is 7.49. The molecule has 0 radical (unpaired) electrons. The molecule has 0 saturated carbocycles. The molecule has 0 bridgehead atoms. The van der Waals surface area contributed by atoms with Crippen LogP contribution in [0.3, 0.4) is 0 Å². The topological polar surface area (TPSA) is 21.3 Å². The number of rotatable bonds is 2. The van der Waals surface area contributed by atoms with Gasteiger partial charge in [0.05, 0.1) is 0 Å². The molecule has 9 heavy (non-hydrogen) atoms. The maximum Gasteiger partial charge on any atom is 0.257 e. The quantitative estimate of drug-likeness (QED) is 0.585. The van der Waals surface area contributed by atoms with Crippen LogP contribution >= 0.6 is 0 Å². The summed E-state index contributed by atoms with van der Waals surface area (Å²) < 4.78 is 5.29. The maximum atomic E-state index is 5.29. The fraction of sp³-hybridized carbons (Fsp3) is 1.00. The van der Waals surface area contributed by atoms with Crippen LogP contribution in [0.15, 0.2) is 0 Å². The molecule has 1 N–H and O–H groups in total. The van der Waals surface area contributed by atoms with Crippen LogP contribution in [0.4, 0.5) is 0 Å². The van der Waals surface area contributed by atoms with Crippen molar-refractivity contribution in [3.05, 3.63) is 0 Å². The van der Waals surface area contributed by atoms with Crippen molar-refractivity contribution >= 4 is 9.20 Å². The van der Waals surface area contributed by atoms with Gasteiger partial charge in [-0.25, -0.2) is 0 Å². The minimum atomic E-state index is -1.13. The molecule has 0 rings (SSSR count). The second-order valence-electron chi connectivity index (χ2n) is 3.27. The Kier molecular flexibility index (Phi) is 3.39. The normalized spacial score (nSPS) is 15.7. The lowest BCUT2D eigenvalue weighted by atomic mass is 10.3. The van der Waals surface area contributed by atoms with Gasteiger partial charge in [-0.05, 0) is 12.1 Å². The smallest absolute Gasteiger partial charge is 0.257 e. The average Bonchev–Trinajstić information content (AvgIpc) is 1.65. The fourth-order valence-corrected chi connectivity index (χ4v) is 2.71. The van der Waals surface area contributed by atoms with Gasteiger partial charge in [-0.2, -0.15) is 0 Å². The van der Waals surface area contributed by atoms with E-state index in [1.807, 2.05) is 7.05 Å². The first-order valence-corrected chi connectivity index (χ1v) is 4.85. The number of hydrogen-bond donors (Lipinski definition) is 1. The van der Waals surface area contributed by atoms with Gasteiger partial charge in [0.25, 0.3) is 9.20 Å². The average molecular weight is 147 g/mol. The van der Waals surface area contributed by atoms with Crippen molar-refractivity contribution in [2.45, 2.75) is 25.8 Å². The Morgan fingerprint density at radius 1 is 1.33 bits per heavy atom. The molecule has 1 atom stereocenters. The van der Waals surface area contributed by atoms with E-state index in [4.69, 9.17) is 4.43 Å². The molecular weight excluding hydrogens is 130 g/mol. The Labute approximate surface area is 59.4 Å². The van der Waals surface area contributed by atoms with Gasteiger partial charge in [0, 0.05) is 7.11 Å². The molecule has 0 aromatic rings. The van der Waals surface area contributed by atoms with E-state index in [0.29, 0.717) is 5.04 Å². The highest BCUT2D eigenvalue weighted by Crippen LogP contribution is 2.24. The first-order chi connectivity index (χ1) is 4.02. The Morgan fingerprint density at radius 3 is 1.78 bits per heavy atom. The number of hydrogen-bond acceptors (Lipinski definition) is 2. The maximum absolute atomic E-state index is 5.29. The molecule has 0 aliphatic heterocycles. The summed E-state index contributed by atoms with van der Waals surface area (Å²) in [4.78, 5) is 3.21. The van der Waals surface area contributed by atoms with E-state index >= 15 is 0 Å². The highest BCUT2D eigenvalue weighted by Gasteiger charge is 2.24. The highest BCUT2D eigenvalue weighted by atomic mass is 28.3. The fourth-order valence-electron chi connectivity index (χ4n) is 0.904. The Bertz CT molecular complexity index is 75.6. The second-order valence-corrected chi connectivity index (χ2v) is 6.81. The van der Waals surface area contributed by atoms with E-state index in [9.17, 15) is 0 Å². The summed E-state index contributed by atoms with van der Waals surface area (Å²) in [6, 6.07) is 0. The first-order valence-electron chi connectivity index (χ1n) is 3.22. The van der Waals surface area contributed by atoms with Gasteiger partial charge in [0.1, 0.15) is 0 Å². The molecule has 56 valence electrons. The minimum absolute atomic E-state index is 0.323. The third-order valence-corrected chi connectivity index (χ3v) is 3.85. The third-order valence-electron chi connectivity index (χ3n) is 1.28. The van der Waals surface area contributed by atoms with Gasteiger partial charge >= 0.3 is 0 Å². The summed E-state index contributed by atoms with van der Waals surface area (Å²) in [5, 5.41) is 0.323. The molecule has 0 amide bonds. The van der Waals surface area contributed by atoms with Gasteiger partial charge in [0.2, 0.25) is 0 Å². The van der Waals surface area contributed by atoms with Crippen LogP contribution in [0.25, 0.3) is 0 Å². The van der Waals surface area contributed by atoms with Gasteiger partial charge in [-0.3, -0.25) is 0 Å². The van der Waals surface area contributed by atoms with Crippen LogP contribution in [0, 0.1) is 0 Å². The summed E-state index contributed by atoms with van der Waals surface area (Å²) in [6.45, 7) is 6.59. The summed E-state index contributed by atoms with van der Waals surface area (Å²) >= 11 is 0. The van der Waals surface area contributed by atoms with Crippen LogP contribution in [0.5, 0.6) is 0 Å². The molecule has 0 aliphatic carbocycles. The van der Waals surface area contributed by atoms with Gasteiger partial charge in [0.15, 0.2) is 0 Å². The molecule has 3 heteroatoms. The predicted molar refractivity (Wildman–Crippen MR) is 42.9 cm³/mol. The lowest BCUT2D eigenvalue weighted by Crippen LogP contribution is -2.41. The monoisotopic (exact) mass is 147 g/mol. The second kappa shape index (κ2) is 3.34. The molecule has 0 spiro atoms. The molecular formula is C6H17NOSi. The van der Waals surface area contributed by atoms with Crippen molar-refractivity contribution in [2.24, 2.45) is 0 Å². The van der Waals surface area contributed by atoms with E-state index in [1.54, 1.807) is 7.11 Å². The molecule has 0 aromatic carbocycles. The van der Waals surface area contributed by atoms with E-state index in [0.717, 1.165) is 0 Å². The molecule has 0 heterocycles. The molecule has 0 aromatic heterocycles. The minimum Gasteiger partial charge on any atom is -0.408 e.